The van der Waals surface area contributed by atoms with E-state index in [2.05, 4.69) is 0 Å². The highest BCUT2D eigenvalue weighted by atomic mass is 19.1. The number of rotatable bonds is 2. The summed E-state index contributed by atoms with van der Waals surface area (Å²) in [6.07, 6.45) is 0.611. The molecule has 2 aromatic carbocycles. The number of halogens is 2. The third-order valence-electron chi connectivity index (χ3n) is 2.85. The van der Waals surface area contributed by atoms with Crippen LogP contribution in [0.3, 0.4) is 0 Å². The fourth-order valence-electron chi connectivity index (χ4n) is 2.01. The molecule has 0 bridgehead atoms. The van der Waals surface area contributed by atoms with E-state index in [0.29, 0.717) is 23.3 Å². The van der Waals surface area contributed by atoms with E-state index in [4.69, 9.17) is 9.47 Å². The van der Waals surface area contributed by atoms with Crippen LogP contribution >= 0.6 is 0 Å². The molecule has 0 saturated carbocycles. The van der Waals surface area contributed by atoms with Gasteiger partial charge in [-0.3, -0.25) is 4.79 Å². The molecule has 1 aliphatic heterocycles. The largest absolute Gasteiger partial charge is 0.454 e. The lowest BCUT2D eigenvalue weighted by atomic mass is 9.99. The van der Waals surface area contributed by atoms with Crippen molar-refractivity contribution in [2.75, 3.05) is 6.79 Å². The molecule has 96 valence electrons. The molecular formula is C14H8F2O3. The normalized spacial score (nSPS) is 12.5. The molecule has 3 rings (SSSR count). The lowest BCUT2D eigenvalue weighted by molar-refractivity contribution is 0.112. The molecule has 19 heavy (non-hydrogen) atoms. The standard InChI is InChI=1S/C14H8F2O3/c15-10-1-8(2-11(16)4-10)12-5-14-13(18-7-19-14)3-9(12)6-17/h1-6H,7H2. The number of carbonyl (C=O) groups is 1. The van der Waals surface area contributed by atoms with Crippen LogP contribution in [0.2, 0.25) is 0 Å². The van der Waals surface area contributed by atoms with Gasteiger partial charge in [0.1, 0.15) is 11.6 Å². The molecule has 3 nitrogen and oxygen atoms in total. The number of benzene rings is 2. The van der Waals surface area contributed by atoms with Crippen LogP contribution in [-0.4, -0.2) is 13.1 Å². The van der Waals surface area contributed by atoms with Gasteiger partial charge >= 0.3 is 0 Å². The first-order valence-electron chi connectivity index (χ1n) is 5.52. The molecule has 0 amide bonds. The molecule has 0 N–H and O–H groups in total. The van der Waals surface area contributed by atoms with E-state index in [1.807, 2.05) is 0 Å². The Morgan fingerprint density at radius 2 is 1.58 bits per heavy atom. The molecule has 0 spiro atoms. The van der Waals surface area contributed by atoms with Crippen LogP contribution in [0.4, 0.5) is 8.78 Å². The van der Waals surface area contributed by atoms with Crippen molar-refractivity contribution in [3.63, 3.8) is 0 Å². The third kappa shape index (κ3) is 2.03. The molecule has 1 heterocycles. The van der Waals surface area contributed by atoms with Gasteiger partial charge in [0.2, 0.25) is 6.79 Å². The van der Waals surface area contributed by atoms with E-state index in [0.717, 1.165) is 18.2 Å². The monoisotopic (exact) mass is 262 g/mol. The average Bonchev–Trinajstić information content (AvgIpc) is 2.83. The average molecular weight is 262 g/mol. The highest BCUT2D eigenvalue weighted by Crippen LogP contribution is 2.38. The predicted octanol–water partition coefficient (Wildman–Crippen LogP) is 3.17. The molecule has 0 unspecified atom stereocenters. The van der Waals surface area contributed by atoms with Gasteiger partial charge < -0.3 is 9.47 Å². The quantitative estimate of drug-likeness (QED) is 0.780. The molecule has 0 fully saturated rings. The Morgan fingerprint density at radius 3 is 2.21 bits per heavy atom. The van der Waals surface area contributed by atoms with Crippen molar-refractivity contribution < 1.29 is 23.0 Å². The van der Waals surface area contributed by atoms with Gasteiger partial charge in [0.05, 0.1) is 0 Å². The Labute approximate surface area is 107 Å². The van der Waals surface area contributed by atoms with Crippen molar-refractivity contribution in [2.45, 2.75) is 0 Å². The van der Waals surface area contributed by atoms with Gasteiger partial charge in [-0.25, -0.2) is 8.78 Å². The third-order valence-corrected chi connectivity index (χ3v) is 2.85. The van der Waals surface area contributed by atoms with E-state index >= 15 is 0 Å². The molecule has 0 atom stereocenters. The summed E-state index contributed by atoms with van der Waals surface area (Å²) in [6.45, 7) is 0.0641. The van der Waals surface area contributed by atoms with Crippen LogP contribution in [0.1, 0.15) is 10.4 Å². The summed E-state index contributed by atoms with van der Waals surface area (Å²) < 4.78 is 36.8. The van der Waals surface area contributed by atoms with Crippen molar-refractivity contribution in [3.8, 4) is 22.6 Å². The molecule has 5 heteroatoms. The predicted molar refractivity (Wildman–Crippen MR) is 63.3 cm³/mol. The van der Waals surface area contributed by atoms with E-state index in [1.54, 1.807) is 6.07 Å². The zero-order valence-corrected chi connectivity index (χ0v) is 9.65. The van der Waals surface area contributed by atoms with E-state index < -0.39 is 11.6 Å². The molecule has 0 aromatic heterocycles. The SMILES string of the molecule is O=Cc1cc2c(cc1-c1cc(F)cc(F)c1)OCO2. The summed E-state index contributed by atoms with van der Waals surface area (Å²) in [5.74, 6) is -0.512. The maximum atomic E-state index is 13.2. The van der Waals surface area contributed by atoms with Gasteiger partial charge in [0.15, 0.2) is 17.8 Å². The summed E-state index contributed by atoms with van der Waals surface area (Å²) in [5.41, 5.74) is 0.963. The van der Waals surface area contributed by atoms with Crippen LogP contribution in [-0.2, 0) is 0 Å². The van der Waals surface area contributed by atoms with Crippen molar-refractivity contribution in [1.82, 2.24) is 0 Å². The minimum absolute atomic E-state index is 0.0641. The van der Waals surface area contributed by atoms with Crippen LogP contribution in [0.15, 0.2) is 30.3 Å². The van der Waals surface area contributed by atoms with Crippen LogP contribution < -0.4 is 9.47 Å². The van der Waals surface area contributed by atoms with Crippen molar-refractivity contribution in [3.05, 3.63) is 47.5 Å². The number of carbonyl (C=O) groups excluding carboxylic acids is 1. The second-order valence-electron chi connectivity index (χ2n) is 4.07. The van der Waals surface area contributed by atoms with Gasteiger partial charge in [-0.2, -0.15) is 0 Å². The smallest absolute Gasteiger partial charge is 0.231 e. The Balaban J connectivity index is 2.21. The fourth-order valence-corrected chi connectivity index (χ4v) is 2.01. The summed E-state index contributed by atoms with van der Waals surface area (Å²) in [6, 6.07) is 6.13. The highest BCUT2D eigenvalue weighted by molar-refractivity contribution is 5.89. The van der Waals surface area contributed by atoms with Crippen molar-refractivity contribution >= 4 is 6.29 Å². The summed E-state index contributed by atoms with van der Waals surface area (Å²) in [7, 11) is 0. The molecule has 0 saturated heterocycles. The van der Waals surface area contributed by atoms with E-state index in [-0.39, 0.29) is 17.9 Å². The van der Waals surface area contributed by atoms with Gasteiger partial charge in [0.25, 0.3) is 0 Å². The number of hydrogen-bond donors (Lipinski definition) is 0. The van der Waals surface area contributed by atoms with Crippen LogP contribution in [0, 0.1) is 11.6 Å². The summed E-state index contributed by atoms with van der Waals surface area (Å²) in [4.78, 5) is 11.1. The van der Waals surface area contributed by atoms with Crippen LogP contribution in [0.25, 0.3) is 11.1 Å². The van der Waals surface area contributed by atoms with E-state index in [9.17, 15) is 13.6 Å². The minimum Gasteiger partial charge on any atom is -0.454 e. The highest BCUT2D eigenvalue weighted by Gasteiger charge is 2.18. The van der Waals surface area contributed by atoms with Gasteiger partial charge in [-0.1, -0.05) is 0 Å². The second kappa shape index (κ2) is 4.35. The fraction of sp³-hybridized carbons (Fsp3) is 0.0714. The molecule has 1 aliphatic rings. The zero-order chi connectivity index (χ0) is 13.4. The number of aldehydes is 1. The Morgan fingerprint density at radius 1 is 0.947 bits per heavy atom. The number of fused-ring (bicyclic) bond motifs is 1. The van der Waals surface area contributed by atoms with Gasteiger partial charge in [-0.05, 0) is 35.4 Å². The summed E-state index contributed by atoms with van der Waals surface area (Å²) >= 11 is 0. The Hall–Kier alpha value is -2.43. The van der Waals surface area contributed by atoms with Gasteiger partial charge in [0, 0.05) is 11.6 Å². The molecule has 2 aromatic rings. The number of ether oxygens (including phenoxy) is 2. The Kier molecular flexibility index (Phi) is 2.67. The molecule has 0 aliphatic carbocycles. The number of hydrogen-bond acceptors (Lipinski definition) is 3. The van der Waals surface area contributed by atoms with Crippen molar-refractivity contribution in [1.29, 1.82) is 0 Å². The van der Waals surface area contributed by atoms with Crippen LogP contribution in [0.5, 0.6) is 11.5 Å². The molecular weight excluding hydrogens is 254 g/mol. The first-order chi connectivity index (χ1) is 9.17. The summed E-state index contributed by atoms with van der Waals surface area (Å²) in [5, 5.41) is 0. The minimum atomic E-state index is -0.704. The van der Waals surface area contributed by atoms with E-state index in [1.165, 1.54) is 6.07 Å². The molecule has 0 radical (unpaired) electrons. The Bertz CT molecular complexity index is 648. The van der Waals surface area contributed by atoms with Crippen molar-refractivity contribution in [2.24, 2.45) is 0 Å². The first-order valence-corrected chi connectivity index (χ1v) is 5.52. The topological polar surface area (TPSA) is 35.5 Å². The van der Waals surface area contributed by atoms with Gasteiger partial charge in [-0.15, -0.1) is 0 Å². The maximum Gasteiger partial charge on any atom is 0.231 e. The lowest BCUT2D eigenvalue weighted by Gasteiger charge is -2.07. The first kappa shape index (κ1) is 11.6. The zero-order valence-electron chi connectivity index (χ0n) is 9.65. The lowest BCUT2D eigenvalue weighted by Crippen LogP contribution is -1.92. The maximum absolute atomic E-state index is 13.2. The second-order valence-corrected chi connectivity index (χ2v) is 4.07.